The van der Waals surface area contributed by atoms with Gasteiger partial charge in [0.05, 0.1) is 29.2 Å². The van der Waals surface area contributed by atoms with Gasteiger partial charge in [-0.25, -0.2) is 9.08 Å². The summed E-state index contributed by atoms with van der Waals surface area (Å²) < 4.78 is 3.84. The molecule has 0 fully saturated rings. The van der Waals surface area contributed by atoms with Gasteiger partial charge in [0.2, 0.25) is 5.65 Å². The second-order valence-electron chi connectivity index (χ2n) is 5.82. The van der Waals surface area contributed by atoms with Crippen LogP contribution in [0.3, 0.4) is 0 Å². The van der Waals surface area contributed by atoms with Crippen molar-refractivity contribution >= 4 is 27.7 Å². The first-order chi connectivity index (χ1) is 11.8. The number of aromatic nitrogens is 5. The molecule has 0 N–H and O–H groups in total. The Labute approximate surface area is 137 Å². The van der Waals surface area contributed by atoms with E-state index in [4.69, 9.17) is 4.98 Å². The van der Waals surface area contributed by atoms with Crippen LogP contribution in [0.15, 0.2) is 67.0 Å². The topological polar surface area (TPSA) is 47.7 Å². The highest BCUT2D eigenvalue weighted by Crippen LogP contribution is 2.19. The molecule has 3 heterocycles. The smallest absolute Gasteiger partial charge is 0.204 e. The van der Waals surface area contributed by atoms with Gasteiger partial charge in [-0.1, -0.05) is 35.3 Å². The molecular formula is C19H14N5+. The van der Waals surface area contributed by atoms with Gasteiger partial charge in [-0.05, 0) is 36.2 Å². The molecule has 0 aliphatic rings. The summed E-state index contributed by atoms with van der Waals surface area (Å²) >= 11 is 0. The van der Waals surface area contributed by atoms with E-state index in [0.29, 0.717) is 5.78 Å². The third-order valence-electron chi connectivity index (χ3n) is 4.22. The third kappa shape index (κ3) is 1.88. The van der Waals surface area contributed by atoms with Crippen molar-refractivity contribution in [2.24, 2.45) is 0 Å². The Kier molecular flexibility index (Phi) is 2.64. The second kappa shape index (κ2) is 4.83. The number of para-hydroxylation sites is 2. The molecule has 0 unspecified atom stereocenters. The lowest BCUT2D eigenvalue weighted by Gasteiger charge is -2.00. The maximum Gasteiger partial charge on any atom is 0.440 e. The molecule has 0 aliphatic carbocycles. The first-order valence-corrected chi connectivity index (χ1v) is 7.82. The van der Waals surface area contributed by atoms with Gasteiger partial charge in [0.15, 0.2) is 5.52 Å². The van der Waals surface area contributed by atoms with E-state index in [9.17, 15) is 0 Å². The summed E-state index contributed by atoms with van der Waals surface area (Å²) in [6.45, 7) is 2.00. The zero-order valence-corrected chi connectivity index (χ0v) is 13.1. The number of hydrogen-bond donors (Lipinski definition) is 0. The van der Waals surface area contributed by atoms with Crippen molar-refractivity contribution in [2.45, 2.75) is 6.92 Å². The minimum atomic E-state index is 0.665. The lowest BCUT2D eigenvalue weighted by Crippen LogP contribution is -2.24. The number of aryl methyl sites for hydroxylation is 1. The van der Waals surface area contributed by atoms with E-state index in [0.717, 1.165) is 33.3 Å². The number of hydrogen-bond acceptors (Lipinski definition) is 3. The first kappa shape index (κ1) is 13.1. The van der Waals surface area contributed by atoms with Crippen LogP contribution in [0.4, 0.5) is 0 Å². The van der Waals surface area contributed by atoms with Crippen molar-refractivity contribution < 1.29 is 4.40 Å². The third-order valence-corrected chi connectivity index (χ3v) is 4.22. The fraction of sp³-hybridized carbons (Fsp3) is 0.0526. The molecule has 3 aromatic heterocycles. The monoisotopic (exact) mass is 312 g/mol. The molecule has 0 aliphatic heterocycles. The Morgan fingerprint density at radius 2 is 1.67 bits per heavy atom. The van der Waals surface area contributed by atoms with Crippen LogP contribution in [0.1, 0.15) is 5.69 Å². The highest BCUT2D eigenvalue weighted by atomic mass is 15.3. The van der Waals surface area contributed by atoms with Gasteiger partial charge in [-0.15, -0.1) is 0 Å². The molecule has 0 atom stereocenters. The van der Waals surface area contributed by atoms with Crippen molar-refractivity contribution in [1.29, 1.82) is 0 Å². The molecule has 5 heteroatoms. The van der Waals surface area contributed by atoms with Gasteiger partial charge < -0.3 is 0 Å². The summed E-state index contributed by atoms with van der Waals surface area (Å²) in [5.74, 6) is 0.665. The summed E-state index contributed by atoms with van der Waals surface area (Å²) in [6, 6.07) is 18.1. The number of fused-ring (bicyclic) bond motifs is 3. The maximum absolute atomic E-state index is 4.78. The van der Waals surface area contributed by atoms with E-state index in [2.05, 4.69) is 28.5 Å². The minimum absolute atomic E-state index is 0.665. The molecule has 0 saturated heterocycles. The summed E-state index contributed by atoms with van der Waals surface area (Å²) in [6.07, 6.45) is 4.11. The molecule has 5 nitrogen and oxygen atoms in total. The fourth-order valence-corrected chi connectivity index (χ4v) is 3.02. The molecule has 5 rings (SSSR count). The fourth-order valence-electron chi connectivity index (χ4n) is 3.02. The second-order valence-corrected chi connectivity index (χ2v) is 5.82. The predicted molar refractivity (Wildman–Crippen MR) is 92.1 cm³/mol. The summed E-state index contributed by atoms with van der Waals surface area (Å²) in [5.41, 5.74) is 3.70. The number of benzene rings is 2. The molecule has 24 heavy (non-hydrogen) atoms. The van der Waals surface area contributed by atoms with Gasteiger partial charge in [0.25, 0.3) is 0 Å². The number of nitrogens with zero attached hydrogens (tertiary/aromatic N) is 5. The van der Waals surface area contributed by atoms with E-state index in [1.807, 2.05) is 64.5 Å². The van der Waals surface area contributed by atoms with Gasteiger partial charge in [-0.2, -0.15) is 5.10 Å². The molecule has 0 bridgehead atoms. The zero-order chi connectivity index (χ0) is 16.1. The molecule has 114 valence electrons. The average Bonchev–Trinajstić information content (AvgIpc) is 2.95. The van der Waals surface area contributed by atoms with Crippen LogP contribution in [0.25, 0.3) is 33.4 Å². The highest BCUT2D eigenvalue weighted by Gasteiger charge is 2.18. The van der Waals surface area contributed by atoms with Crippen molar-refractivity contribution in [2.75, 3.05) is 0 Å². The standard InChI is InChI=1S/C19H14N5/c1-13-16-12-23-11-14-7-5-6-10-17(14)20-19(23)21-18(16)24(22-13)15-8-3-2-4-9-15/h2-12H,1H3/q+1. The van der Waals surface area contributed by atoms with Crippen LogP contribution < -0.4 is 4.40 Å². The first-order valence-electron chi connectivity index (χ1n) is 7.82. The molecule has 0 radical (unpaired) electrons. The van der Waals surface area contributed by atoms with Crippen LogP contribution >= 0.6 is 0 Å². The summed E-state index contributed by atoms with van der Waals surface area (Å²) in [5, 5.41) is 6.77. The van der Waals surface area contributed by atoms with Crippen LogP contribution in [-0.2, 0) is 0 Å². The Balaban J connectivity index is 1.88. The van der Waals surface area contributed by atoms with E-state index < -0.39 is 0 Å². The van der Waals surface area contributed by atoms with Crippen molar-refractivity contribution in [3.8, 4) is 5.69 Å². The largest absolute Gasteiger partial charge is 0.440 e. The zero-order valence-electron chi connectivity index (χ0n) is 13.1. The highest BCUT2D eigenvalue weighted by molar-refractivity contribution is 5.81. The minimum Gasteiger partial charge on any atom is -0.204 e. The van der Waals surface area contributed by atoms with Crippen LogP contribution in [-0.4, -0.2) is 19.7 Å². The molecule has 0 amide bonds. The summed E-state index contributed by atoms with van der Waals surface area (Å²) in [4.78, 5) is 9.46. The molecule has 2 aromatic carbocycles. The van der Waals surface area contributed by atoms with Crippen molar-refractivity contribution in [3.05, 3.63) is 72.7 Å². The van der Waals surface area contributed by atoms with Crippen LogP contribution in [0.2, 0.25) is 0 Å². The Morgan fingerprint density at radius 1 is 0.875 bits per heavy atom. The van der Waals surface area contributed by atoms with E-state index in [1.165, 1.54) is 0 Å². The van der Waals surface area contributed by atoms with Crippen LogP contribution in [0, 0.1) is 6.92 Å². The van der Waals surface area contributed by atoms with Gasteiger partial charge in [0.1, 0.15) is 0 Å². The molecular weight excluding hydrogens is 298 g/mol. The van der Waals surface area contributed by atoms with E-state index in [-0.39, 0.29) is 0 Å². The van der Waals surface area contributed by atoms with Gasteiger partial charge in [-0.3, -0.25) is 0 Å². The lowest BCUT2D eigenvalue weighted by atomic mass is 10.2. The average molecular weight is 312 g/mol. The molecule has 0 spiro atoms. The van der Waals surface area contributed by atoms with E-state index >= 15 is 0 Å². The maximum atomic E-state index is 4.78. The van der Waals surface area contributed by atoms with Crippen molar-refractivity contribution in [3.63, 3.8) is 0 Å². The molecule has 5 aromatic rings. The van der Waals surface area contributed by atoms with Gasteiger partial charge in [0, 0.05) is 5.39 Å². The predicted octanol–water partition coefficient (Wildman–Crippen LogP) is 3.02. The van der Waals surface area contributed by atoms with Gasteiger partial charge >= 0.3 is 5.78 Å². The normalized spacial score (nSPS) is 11.5. The quantitative estimate of drug-likeness (QED) is 0.353. The SMILES string of the molecule is Cc1nn(-c2ccccc2)c2nc3nc4ccccc4c[n+]3cc12. The lowest BCUT2D eigenvalue weighted by molar-refractivity contribution is -0.513. The van der Waals surface area contributed by atoms with E-state index in [1.54, 1.807) is 0 Å². The van der Waals surface area contributed by atoms with Crippen LogP contribution in [0.5, 0.6) is 0 Å². The Morgan fingerprint density at radius 3 is 2.54 bits per heavy atom. The van der Waals surface area contributed by atoms with Crippen molar-refractivity contribution in [1.82, 2.24) is 19.7 Å². The number of rotatable bonds is 1. The Bertz CT molecular complexity index is 1210. The summed E-state index contributed by atoms with van der Waals surface area (Å²) in [7, 11) is 0. The Hall–Kier alpha value is -3.34. The molecule has 0 saturated carbocycles.